The molecule has 196 valence electrons. The van der Waals surface area contributed by atoms with Crippen LogP contribution < -0.4 is 32.3 Å². The number of nitrogens with zero attached hydrogens (tertiary/aromatic N) is 7. The number of hydrazone groups is 1. The zero-order chi connectivity index (χ0) is 25.9. The standard InChI is InChI=1S/C25H30N12O/c26-13-16-5-11-37(12-6-16)25-29-20-14-27-33-24(38)21(20)23(30-25)28-19-3-1-17(2-4-19)15-36-9-7-18(8-10-36)22-31-34-35-32-22/h1-4,14,16,18,34-35H,5-12,15H2,(H,31,32)(H,33,38)(H,28,29,30). The number of likely N-dealkylation sites (tertiary alicyclic amines) is 1. The highest BCUT2D eigenvalue weighted by Gasteiger charge is 2.25. The average Bonchev–Trinajstić information content (AvgIpc) is 3.50. The first-order valence-corrected chi connectivity index (χ1v) is 13.0. The van der Waals surface area contributed by atoms with Crippen molar-refractivity contribution in [2.75, 3.05) is 36.4 Å². The zero-order valence-electron chi connectivity index (χ0n) is 20.9. The molecule has 0 saturated carbocycles. The Labute approximate surface area is 219 Å². The van der Waals surface area contributed by atoms with Gasteiger partial charge in [0.2, 0.25) is 5.95 Å². The van der Waals surface area contributed by atoms with Crippen molar-refractivity contribution < 1.29 is 0 Å². The van der Waals surface area contributed by atoms with Gasteiger partial charge in [-0.15, -0.1) is 10.6 Å². The predicted octanol–water partition coefficient (Wildman–Crippen LogP) is 1.33. The lowest BCUT2D eigenvalue weighted by molar-refractivity contribution is 0.200. The van der Waals surface area contributed by atoms with E-state index in [9.17, 15) is 10.1 Å². The van der Waals surface area contributed by atoms with Crippen LogP contribution in [0.3, 0.4) is 0 Å². The molecular formula is C25H30N12O. The molecule has 0 radical (unpaired) electrons. The molecule has 0 unspecified atom stereocenters. The minimum atomic E-state index is -0.343. The summed E-state index contributed by atoms with van der Waals surface area (Å²) in [4.78, 5) is 26.5. The third-order valence-electron chi connectivity index (χ3n) is 7.49. The van der Waals surface area contributed by atoms with Crippen LogP contribution in [0.25, 0.3) is 10.9 Å². The van der Waals surface area contributed by atoms with Crippen molar-refractivity contribution in [3.8, 4) is 6.07 Å². The van der Waals surface area contributed by atoms with E-state index in [0.717, 1.165) is 56.8 Å². The van der Waals surface area contributed by atoms with Gasteiger partial charge in [-0.05, 0) is 56.5 Å². The van der Waals surface area contributed by atoms with Gasteiger partial charge in [0.25, 0.3) is 5.56 Å². The van der Waals surface area contributed by atoms with Crippen LogP contribution in [0.15, 0.2) is 40.4 Å². The van der Waals surface area contributed by atoms with Crippen LogP contribution in [0.1, 0.15) is 31.2 Å². The molecule has 0 spiro atoms. The summed E-state index contributed by atoms with van der Waals surface area (Å²) in [6.07, 6.45) is 5.22. The molecule has 2 fully saturated rings. The minimum absolute atomic E-state index is 0.0620. The molecule has 5 heterocycles. The molecule has 5 N–H and O–H groups in total. The van der Waals surface area contributed by atoms with E-state index < -0.39 is 0 Å². The van der Waals surface area contributed by atoms with Gasteiger partial charge in [-0.2, -0.15) is 15.3 Å². The number of aromatic nitrogens is 4. The quantitative estimate of drug-likeness (QED) is 0.323. The lowest BCUT2D eigenvalue weighted by Crippen LogP contribution is -2.42. The molecule has 0 atom stereocenters. The summed E-state index contributed by atoms with van der Waals surface area (Å²) in [5, 5.41) is 23.6. The Morgan fingerprint density at radius 1 is 1.05 bits per heavy atom. The van der Waals surface area contributed by atoms with E-state index >= 15 is 0 Å². The molecule has 6 rings (SSSR count). The fourth-order valence-corrected chi connectivity index (χ4v) is 5.29. The molecule has 2 saturated heterocycles. The number of fused-ring (bicyclic) bond motifs is 1. The van der Waals surface area contributed by atoms with E-state index in [-0.39, 0.29) is 11.5 Å². The smallest absolute Gasteiger partial charge is 0.277 e. The number of rotatable bonds is 6. The predicted molar refractivity (Wildman–Crippen MR) is 143 cm³/mol. The summed E-state index contributed by atoms with van der Waals surface area (Å²) in [6, 6.07) is 10.6. The van der Waals surface area contributed by atoms with Crippen molar-refractivity contribution in [2.45, 2.75) is 32.2 Å². The van der Waals surface area contributed by atoms with Crippen molar-refractivity contribution in [1.82, 2.24) is 41.6 Å². The summed E-state index contributed by atoms with van der Waals surface area (Å²) in [7, 11) is 0. The monoisotopic (exact) mass is 514 g/mol. The Morgan fingerprint density at radius 3 is 2.55 bits per heavy atom. The van der Waals surface area contributed by atoms with Crippen LogP contribution >= 0.6 is 0 Å². The van der Waals surface area contributed by atoms with Gasteiger partial charge >= 0.3 is 0 Å². The molecule has 13 heteroatoms. The number of benzene rings is 1. The summed E-state index contributed by atoms with van der Waals surface area (Å²) in [5.41, 5.74) is 10.8. The van der Waals surface area contributed by atoms with Crippen LogP contribution in [-0.2, 0) is 6.54 Å². The molecule has 1 aromatic carbocycles. The van der Waals surface area contributed by atoms with Crippen LogP contribution in [0, 0.1) is 23.2 Å². The number of hydrazine groups is 2. The number of hydrogen-bond acceptors (Lipinski definition) is 12. The zero-order valence-corrected chi connectivity index (χ0v) is 20.9. The number of anilines is 3. The highest BCUT2D eigenvalue weighted by atomic mass is 16.1. The largest absolute Gasteiger partial charge is 0.341 e. The molecule has 3 aromatic rings. The first kappa shape index (κ1) is 24.1. The number of nitrogens with one attached hydrogen (secondary N) is 5. The van der Waals surface area contributed by atoms with Crippen molar-refractivity contribution in [3.05, 3.63) is 46.4 Å². The van der Waals surface area contributed by atoms with E-state index in [1.807, 2.05) is 12.1 Å². The molecule has 3 aliphatic heterocycles. The maximum absolute atomic E-state index is 12.6. The van der Waals surface area contributed by atoms with Gasteiger partial charge in [-0.25, -0.2) is 15.6 Å². The van der Waals surface area contributed by atoms with Gasteiger partial charge in [0, 0.05) is 37.2 Å². The van der Waals surface area contributed by atoms with Gasteiger partial charge in [-0.1, -0.05) is 12.1 Å². The lowest BCUT2D eigenvalue weighted by atomic mass is 9.95. The van der Waals surface area contributed by atoms with Crippen LogP contribution in [0.4, 0.5) is 17.5 Å². The van der Waals surface area contributed by atoms with Crippen LogP contribution in [0.2, 0.25) is 0 Å². The van der Waals surface area contributed by atoms with Gasteiger partial charge in [0.15, 0.2) is 0 Å². The summed E-state index contributed by atoms with van der Waals surface area (Å²) < 4.78 is 0. The molecule has 0 amide bonds. The van der Waals surface area contributed by atoms with Gasteiger partial charge in [-0.3, -0.25) is 15.1 Å². The normalized spacial score (nSPS) is 19.0. The van der Waals surface area contributed by atoms with E-state index in [1.54, 1.807) is 6.20 Å². The molecule has 0 aliphatic carbocycles. The summed E-state index contributed by atoms with van der Waals surface area (Å²) in [6.45, 7) is 4.31. The number of piperidine rings is 2. The number of amidine groups is 1. The maximum Gasteiger partial charge on any atom is 0.277 e. The first-order chi connectivity index (χ1) is 18.7. The molecule has 13 nitrogen and oxygen atoms in total. The van der Waals surface area contributed by atoms with E-state index in [4.69, 9.17) is 4.98 Å². The van der Waals surface area contributed by atoms with Crippen molar-refractivity contribution in [1.29, 1.82) is 5.26 Å². The van der Waals surface area contributed by atoms with Crippen molar-refractivity contribution in [2.24, 2.45) is 16.9 Å². The second kappa shape index (κ2) is 10.6. The van der Waals surface area contributed by atoms with Gasteiger partial charge in [0.05, 0.1) is 12.3 Å². The van der Waals surface area contributed by atoms with Gasteiger partial charge < -0.3 is 10.2 Å². The summed E-state index contributed by atoms with van der Waals surface area (Å²) >= 11 is 0. The summed E-state index contributed by atoms with van der Waals surface area (Å²) in [5.74, 6) is 2.48. The molecule has 3 aliphatic rings. The first-order valence-electron chi connectivity index (χ1n) is 13.0. The van der Waals surface area contributed by atoms with Crippen LogP contribution in [0.5, 0.6) is 0 Å². The molecule has 38 heavy (non-hydrogen) atoms. The van der Waals surface area contributed by atoms with E-state index in [0.29, 0.717) is 41.7 Å². The second-order valence-electron chi connectivity index (χ2n) is 9.95. The molecule has 2 aromatic heterocycles. The Morgan fingerprint density at radius 2 is 1.84 bits per heavy atom. The minimum Gasteiger partial charge on any atom is -0.341 e. The third-order valence-corrected chi connectivity index (χ3v) is 7.49. The Balaban J connectivity index is 1.15. The third kappa shape index (κ3) is 5.09. The van der Waals surface area contributed by atoms with Gasteiger partial charge in [0.1, 0.15) is 22.6 Å². The number of aromatic amines is 1. The van der Waals surface area contributed by atoms with Crippen molar-refractivity contribution in [3.63, 3.8) is 0 Å². The molecular weight excluding hydrogens is 484 g/mol. The number of nitriles is 1. The SMILES string of the molecule is N#CC1CCN(c2nc(Nc3ccc(CN4CCC(C5=NNNN5)CC4)cc3)c3c(=O)[nH]ncc3n2)CC1. The topological polar surface area (TPSA) is 162 Å². The van der Waals surface area contributed by atoms with E-state index in [2.05, 4.69) is 70.1 Å². The average molecular weight is 515 g/mol. The maximum atomic E-state index is 12.6. The fraction of sp³-hybridized carbons (Fsp3) is 0.440. The fourth-order valence-electron chi connectivity index (χ4n) is 5.29. The lowest BCUT2D eigenvalue weighted by Gasteiger charge is -2.31. The Kier molecular flexibility index (Phi) is 6.72. The van der Waals surface area contributed by atoms with Crippen molar-refractivity contribution >= 4 is 34.2 Å². The highest BCUT2D eigenvalue weighted by molar-refractivity contribution is 5.90. The highest BCUT2D eigenvalue weighted by Crippen LogP contribution is 2.27. The molecule has 0 bridgehead atoms. The second-order valence-corrected chi connectivity index (χ2v) is 9.95. The Hall–Kier alpha value is -4.28. The van der Waals surface area contributed by atoms with Crippen LogP contribution in [-0.4, -0.2) is 57.1 Å². The number of H-pyrrole nitrogens is 1. The Bertz CT molecular complexity index is 1410. The number of hydrogen-bond donors (Lipinski definition) is 5. The van der Waals surface area contributed by atoms with E-state index in [1.165, 1.54) is 5.56 Å².